The Morgan fingerprint density at radius 2 is 2.00 bits per heavy atom. The minimum atomic E-state index is -4.78. The number of hydrogen-bond acceptors (Lipinski definition) is 5. The van der Waals surface area contributed by atoms with E-state index in [4.69, 9.17) is 0 Å². The number of anilines is 2. The first kappa shape index (κ1) is 22.6. The number of benzene rings is 1. The molecule has 0 bridgehead atoms. The van der Waals surface area contributed by atoms with E-state index in [2.05, 4.69) is 20.0 Å². The summed E-state index contributed by atoms with van der Waals surface area (Å²) < 4.78 is 41.9. The number of rotatable bonds is 4. The molecule has 9 heteroatoms. The van der Waals surface area contributed by atoms with E-state index in [1.807, 2.05) is 19.1 Å². The van der Waals surface area contributed by atoms with Crippen LogP contribution in [-0.4, -0.2) is 35.3 Å². The lowest BCUT2D eigenvalue weighted by atomic mass is 10.0. The maximum Gasteiger partial charge on any atom is 0.573 e. The SMILES string of the molecule is Cc1ccc(C(C)C(=O)N2CCCNc3ccc(-c4cccc(OC(F)(F)F)c4)nc32)nc1. The number of alkyl halides is 3. The van der Waals surface area contributed by atoms with Gasteiger partial charge in [-0.05, 0) is 56.2 Å². The van der Waals surface area contributed by atoms with E-state index in [0.29, 0.717) is 41.5 Å². The van der Waals surface area contributed by atoms with Crippen LogP contribution in [0.5, 0.6) is 5.75 Å². The molecule has 0 aliphatic carbocycles. The van der Waals surface area contributed by atoms with Gasteiger partial charge in [0.15, 0.2) is 5.82 Å². The van der Waals surface area contributed by atoms with Crippen molar-refractivity contribution in [1.29, 1.82) is 0 Å². The number of carbonyl (C=O) groups is 1. The monoisotopic (exact) mass is 456 g/mol. The molecule has 2 aromatic heterocycles. The second-order valence-electron chi connectivity index (χ2n) is 7.90. The molecule has 1 aliphatic heterocycles. The summed E-state index contributed by atoms with van der Waals surface area (Å²) >= 11 is 0. The van der Waals surface area contributed by atoms with Gasteiger partial charge < -0.3 is 10.1 Å². The van der Waals surface area contributed by atoms with E-state index in [1.54, 1.807) is 36.2 Å². The molecule has 3 heterocycles. The molecule has 1 N–H and O–H groups in total. The number of carbonyl (C=O) groups excluding carboxylic acids is 1. The highest BCUT2D eigenvalue weighted by Gasteiger charge is 2.31. The molecule has 0 saturated carbocycles. The highest BCUT2D eigenvalue weighted by atomic mass is 19.4. The normalized spacial score (nSPS) is 14.6. The van der Waals surface area contributed by atoms with E-state index >= 15 is 0 Å². The number of fused-ring (bicyclic) bond motifs is 1. The maximum atomic E-state index is 13.4. The van der Waals surface area contributed by atoms with Gasteiger partial charge in [-0.3, -0.25) is 14.7 Å². The number of hydrogen-bond donors (Lipinski definition) is 1. The largest absolute Gasteiger partial charge is 0.573 e. The summed E-state index contributed by atoms with van der Waals surface area (Å²) in [6.07, 6.45) is -2.34. The molecule has 1 aliphatic rings. The fraction of sp³-hybridized carbons (Fsp3) is 0.292. The van der Waals surface area contributed by atoms with Gasteiger partial charge in [-0.25, -0.2) is 4.98 Å². The lowest BCUT2D eigenvalue weighted by Crippen LogP contribution is -2.35. The lowest BCUT2D eigenvalue weighted by molar-refractivity contribution is -0.274. The summed E-state index contributed by atoms with van der Waals surface area (Å²) in [5, 5.41) is 3.27. The zero-order valence-corrected chi connectivity index (χ0v) is 18.2. The summed E-state index contributed by atoms with van der Waals surface area (Å²) in [5.41, 5.74) is 3.24. The van der Waals surface area contributed by atoms with Gasteiger partial charge in [-0.1, -0.05) is 18.2 Å². The van der Waals surface area contributed by atoms with Crippen molar-refractivity contribution in [2.75, 3.05) is 23.3 Å². The van der Waals surface area contributed by atoms with Gasteiger partial charge in [0.2, 0.25) is 5.91 Å². The van der Waals surface area contributed by atoms with Gasteiger partial charge in [0.25, 0.3) is 0 Å². The second kappa shape index (κ2) is 9.09. The third-order valence-corrected chi connectivity index (χ3v) is 5.38. The van der Waals surface area contributed by atoms with Crippen LogP contribution in [0.2, 0.25) is 0 Å². The molecule has 6 nitrogen and oxygen atoms in total. The van der Waals surface area contributed by atoms with Crippen LogP contribution in [0.3, 0.4) is 0 Å². The average Bonchev–Trinajstić information content (AvgIpc) is 2.99. The number of amides is 1. The van der Waals surface area contributed by atoms with Crippen LogP contribution >= 0.6 is 0 Å². The molecule has 1 unspecified atom stereocenters. The fourth-order valence-corrected chi connectivity index (χ4v) is 3.68. The number of nitrogens with one attached hydrogen (secondary N) is 1. The molecule has 1 amide bonds. The quantitative estimate of drug-likeness (QED) is 0.577. The topological polar surface area (TPSA) is 67.4 Å². The summed E-state index contributed by atoms with van der Waals surface area (Å²) in [5.74, 6) is -0.515. The predicted molar refractivity (Wildman–Crippen MR) is 119 cm³/mol. The van der Waals surface area contributed by atoms with Crippen molar-refractivity contribution in [2.45, 2.75) is 32.5 Å². The van der Waals surface area contributed by atoms with Gasteiger partial charge in [0, 0.05) is 24.8 Å². The molecule has 0 radical (unpaired) electrons. The summed E-state index contributed by atoms with van der Waals surface area (Å²) in [7, 11) is 0. The first-order chi connectivity index (χ1) is 15.7. The Hall–Kier alpha value is -3.62. The van der Waals surface area contributed by atoms with Crippen LogP contribution in [0.4, 0.5) is 24.7 Å². The van der Waals surface area contributed by atoms with Crippen molar-refractivity contribution in [3.63, 3.8) is 0 Å². The van der Waals surface area contributed by atoms with Gasteiger partial charge in [0.05, 0.1) is 23.0 Å². The van der Waals surface area contributed by atoms with Crippen LogP contribution < -0.4 is 15.0 Å². The molecule has 172 valence electrons. The van der Waals surface area contributed by atoms with Crippen molar-refractivity contribution in [3.05, 3.63) is 66.0 Å². The van der Waals surface area contributed by atoms with Crippen molar-refractivity contribution < 1.29 is 22.7 Å². The molecular formula is C24H23F3N4O2. The predicted octanol–water partition coefficient (Wildman–Crippen LogP) is 5.30. The van der Waals surface area contributed by atoms with Crippen molar-refractivity contribution >= 4 is 17.4 Å². The molecular weight excluding hydrogens is 433 g/mol. The third-order valence-electron chi connectivity index (χ3n) is 5.38. The van der Waals surface area contributed by atoms with E-state index in [-0.39, 0.29) is 11.7 Å². The van der Waals surface area contributed by atoms with E-state index in [1.165, 1.54) is 18.2 Å². The smallest absolute Gasteiger partial charge is 0.406 e. The van der Waals surface area contributed by atoms with E-state index in [9.17, 15) is 18.0 Å². The lowest BCUT2D eigenvalue weighted by Gasteiger charge is -2.25. The Morgan fingerprint density at radius 1 is 1.18 bits per heavy atom. The Balaban J connectivity index is 1.68. The van der Waals surface area contributed by atoms with Crippen LogP contribution in [0, 0.1) is 6.92 Å². The molecule has 33 heavy (non-hydrogen) atoms. The van der Waals surface area contributed by atoms with Crippen molar-refractivity contribution in [2.24, 2.45) is 0 Å². The minimum absolute atomic E-state index is 0.143. The summed E-state index contributed by atoms with van der Waals surface area (Å²) in [4.78, 5) is 24.1. The first-order valence-electron chi connectivity index (χ1n) is 10.6. The molecule has 3 aromatic rings. The van der Waals surface area contributed by atoms with E-state index in [0.717, 1.165) is 12.0 Å². The number of aryl methyl sites for hydroxylation is 1. The maximum absolute atomic E-state index is 13.4. The number of ether oxygens (including phenoxy) is 1. The zero-order chi connectivity index (χ0) is 23.6. The van der Waals surface area contributed by atoms with Crippen LogP contribution in [0.25, 0.3) is 11.3 Å². The molecule has 1 aromatic carbocycles. The molecule has 0 spiro atoms. The van der Waals surface area contributed by atoms with Gasteiger partial charge in [-0.15, -0.1) is 13.2 Å². The Kier molecular flexibility index (Phi) is 6.22. The average molecular weight is 456 g/mol. The molecule has 0 fully saturated rings. The number of aromatic nitrogens is 2. The number of pyridine rings is 2. The summed E-state index contributed by atoms with van der Waals surface area (Å²) in [6, 6.07) is 12.9. The van der Waals surface area contributed by atoms with Crippen molar-refractivity contribution in [3.8, 4) is 17.0 Å². The van der Waals surface area contributed by atoms with Crippen molar-refractivity contribution in [1.82, 2.24) is 9.97 Å². The van der Waals surface area contributed by atoms with Crippen LogP contribution in [0.1, 0.15) is 30.5 Å². The van der Waals surface area contributed by atoms with Gasteiger partial charge >= 0.3 is 6.36 Å². The number of halogens is 3. The number of nitrogens with zero attached hydrogens (tertiary/aromatic N) is 3. The first-order valence-corrected chi connectivity index (χ1v) is 10.6. The van der Waals surface area contributed by atoms with Crippen LogP contribution in [-0.2, 0) is 4.79 Å². The standard InChI is InChI=1S/C24H23F3N4O2/c1-15-7-8-19(29-14-15)16(2)23(32)31-12-4-11-28-21-10-9-20(30-22(21)31)17-5-3-6-18(13-17)33-24(25,26)27/h3,5-10,13-14,16,28H,4,11-12H2,1-2H3. The Labute approximate surface area is 189 Å². The van der Waals surface area contributed by atoms with Gasteiger partial charge in [0.1, 0.15) is 5.75 Å². The van der Waals surface area contributed by atoms with Gasteiger partial charge in [-0.2, -0.15) is 0 Å². The molecule has 4 rings (SSSR count). The van der Waals surface area contributed by atoms with Crippen LogP contribution in [0.15, 0.2) is 54.7 Å². The van der Waals surface area contributed by atoms with E-state index < -0.39 is 12.3 Å². The Bertz CT molecular complexity index is 1150. The molecule has 1 atom stereocenters. The second-order valence-corrected chi connectivity index (χ2v) is 7.90. The third kappa shape index (κ3) is 5.24. The zero-order valence-electron chi connectivity index (χ0n) is 18.2. The summed E-state index contributed by atoms with van der Waals surface area (Å²) in [6.45, 7) is 4.87. The highest BCUT2D eigenvalue weighted by molar-refractivity contribution is 5.99. The highest BCUT2D eigenvalue weighted by Crippen LogP contribution is 2.33. The minimum Gasteiger partial charge on any atom is -0.406 e. The molecule has 0 saturated heterocycles. The fourth-order valence-electron chi connectivity index (χ4n) is 3.68. The Morgan fingerprint density at radius 3 is 2.73 bits per heavy atom.